The van der Waals surface area contributed by atoms with Crippen LogP contribution in [0, 0.1) is 5.92 Å². The van der Waals surface area contributed by atoms with Crippen LogP contribution in [0.5, 0.6) is 0 Å². The summed E-state index contributed by atoms with van der Waals surface area (Å²) in [5.41, 5.74) is 1.80. The van der Waals surface area contributed by atoms with E-state index in [4.69, 9.17) is 23.2 Å². The fourth-order valence-electron chi connectivity index (χ4n) is 3.45. The Hall–Kier alpha value is -2.22. The summed E-state index contributed by atoms with van der Waals surface area (Å²) in [6.07, 6.45) is 11.3. The molecule has 4 rings (SSSR count). The number of halogens is 2. The monoisotopic (exact) mass is 668 g/mol. The smallest absolute Gasteiger partial charge is 0.231 e. The predicted molar refractivity (Wildman–Crippen MR) is 178 cm³/mol. The average molecular weight is 670 g/mol. The molecule has 4 aromatic heterocycles. The summed E-state index contributed by atoms with van der Waals surface area (Å²) in [7, 11) is 3.47. The molecule has 0 aromatic carbocycles. The number of aromatic nitrogens is 4. The summed E-state index contributed by atoms with van der Waals surface area (Å²) < 4.78 is 0. The van der Waals surface area contributed by atoms with Gasteiger partial charge in [-0.15, -0.1) is 0 Å². The molecule has 2 amide bonds. The second-order valence-electron chi connectivity index (χ2n) is 8.66. The lowest BCUT2D eigenvalue weighted by Gasteiger charge is -2.19. The van der Waals surface area contributed by atoms with E-state index in [0.717, 1.165) is 32.6 Å². The minimum atomic E-state index is -0.0509. The van der Waals surface area contributed by atoms with Crippen molar-refractivity contribution in [2.24, 2.45) is 5.92 Å². The third-order valence-electron chi connectivity index (χ3n) is 5.63. The molecule has 41 heavy (non-hydrogen) atoms. The molecule has 0 bridgehead atoms. The zero-order chi connectivity index (χ0) is 29.9. The number of pyridine rings is 2. The highest BCUT2D eigenvalue weighted by Gasteiger charge is 2.23. The molecule has 1 unspecified atom stereocenters. The van der Waals surface area contributed by atoms with Gasteiger partial charge in [-0.3, -0.25) is 19.6 Å². The molecule has 0 saturated heterocycles. The molecule has 0 saturated carbocycles. The molecule has 0 N–H and O–H groups in total. The maximum Gasteiger partial charge on any atom is 0.231 e. The highest BCUT2D eigenvalue weighted by molar-refractivity contribution is 7.98. The summed E-state index contributed by atoms with van der Waals surface area (Å²) in [6, 6.07) is 7.53. The first-order chi connectivity index (χ1) is 19.7. The summed E-state index contributed by atoms with van der Waals surface area (Å²) in [5.74, 6) is 1.63. The average Bonchev–Trinajstić information content (AvgIpc) is 3.58. The Balaban J connectivity index is 0.000000226. The largest absolute Gasteiger partial charge is 0.304 e. The van der Waals surface area contributed by atoms with Crippen LogP contribution in [0.2, 0.25) is 10.3 Å². The molecule has 4 aromatic rings. The summed E-state index contributed by atoms with van der Waals surface area (Å²) >= 11 is 18.4. The maximum atomic E-state index is 12.4. The molecule has 0 aliphatic heterocycles. The molecule has 14 heteroatoms. The molecule has 0 aliphatic rings. The van der Waals surface area contributed by atoms with Gasteiger partial charge in [0, 0.05) is 73.9 Å². The normalized spacial score (nSPS) is 11.4. The van der Waals surface area contributed by atoms with E-state index in [-0.39, 0.29) is 17.7 Å². The van der Waals surface area contributed by atoms with Gasteiger partial charge >= 0.3 is 0 Å². The Bertz CT molecular complexity index is 1420. The Kier molecular flexibility index (Phi) is 13.3. The number of thiazole rings is 2. The Morgan fingerprint density at radius 1 is 0.878 bits per heavy atom. The predicted octanol–water partition coefficient (Wildman–Crippen LogP) is 7.39. The second-order valence-corrected chi connectivity index (χ2v) is 13.2. The van der Waals surface area contributed by atoms with E-state index >= 15 is 0 Å². The standard InChI is InChI=1S/C14H16ClN3OS2.C13H14ClN3OS2/c1-9(8-20-3)13(19)18(2)14-11(15)17-12(21-14)10-5-4-6-16-7-10;1-17(10(18)5-7-19-2)13-11(14)16-12(20-13)9-4-3-6-15-8-9/h4-7,9H,8H2,1-3H3;3-4,6,8H,5,7H2,1-2H3. The minimum Gasteiger partial charge on any atom is -0.304 e. The lowest BCUT2D eigenvalue weighted by atomic mass is 10.2. The first-order valence-electron chi connectivity index (χ1n) is 12.3. The fourth-order valence-corrected chi connectivity index (χ4v) is 7.07. The van der Waals surface area contributed by atoms with Crippen molar-refractivity contribution in [3.63, 3.8) is 0 Å². The van der Waals surface area contributed by atoms with E-state index in [1.165, 1.54) is 22.7 Å². The zero-order valence-corrected chi connectivity index (χ0v) is 28.0. The third kappa shape index (κ3) is 9.13. The zero-order valence-electron chi connectivity index (χ0n) is 23.2. The van der Waals surface area contributed by atoms with Crippen LogP contribution in [0.25, 0.3) is 21.1 Å². The van der Waals surface area contributed by atoms with Gasteiger partial charge in [-0.1, -0.05) is 52.8 Å². The van der Waals surface area contributed by atoms with Crippen molar-refractivity contribution in [1.82, 2.24) is 19.9 Å². The van der Waals surface area contributed by atoms with Crippen molar-refractivity contribution < 1.29 is 9.59 Å². The van der Waals surface area contributed by atoms with Crippen molar-refractivity contribution in [2.75, 3.05) is 47.9 Å². The number of hydrogen-bond donors (Lipinski definition) is 0. The molecule has 4 heterocycles. The molecule has 0 spiro atoms. The number of carbonyl (C=O) groups excluding carboxylic acids is 2. The Morgan fingerprint density at radius 3 is 1.83 bits per heavy atom. The van der Waals surface area contributed by atoms with Crippen LogP contribution in [-0.4, -0.2) is 69.9 Å². The Labute approximate surface area is 266 Å². The summed E-state index contributed by atoms with van der Waals surface area (Å²) in [4.78, 5) is 44.3. The van der Waals surface area contributed by atoms with Crippen LogP contribution >= 0.6 is 69.4 Å². The van der Waals surface area contributed by atoms with Crippen LogP contribution in [0.1, 0.15) is 13.3 Å². The number of thioether (sulfide) groups is 2. The third-order valence-corrected chi connectivity index (χ3v) is 10.2. The van der Waals surface area contributed by atoms with Gasteiger partial charge in [0.2, 0.25) is 11.8 Å². The topological polar surface area (TPSA) is 92.2 Å². The van der Waals surface area contributed by atoms with E-state index in [1.807, 2.05) is 43.7 Å². The fraction of sp³-hybridized carbons (Fsp3) is 0.333. The first-order valence-corrected chi connectivity index (χ1v) is 17.5. The van der Waals surface area contributed by atoms with E-state index in [0.29, 0.717) is 26.7 Å². The number of amides is 2. The molecule has 218 valence electrons. The highest BCUT2D eigenvalue weighted by Crippen LogP contribution is 2.38. The maximum absolute atomic E-state index is 12.4. The van der Waals surface area contributed by atoms with Gasteiger partial charge in [-0.2, -0.15) is 23.5 Å². The molecule has 1 atom stereocenters. The molecule has 8 nitrogen and oxygen atoms in total. The quantitative estimate of drug-likeness (QED) is 0.173. The van der Waals surface area contributed by atoms with Crippen molar-refractivity contribution in [3.8, 4) is 21.1 Å². The number of anilines is 2. The van der Waals surface area contributed by atoms with Crippen LogP contribution in [0.15, 0.2) is 49.1 Å². The highest BCUT2D eigenvalue weighted by atomic mass is 35.5. The van der Waals surface area contributed by atoms with Gasteiger partial charge < -0.3 is 9.80 Å². The van der Waals surface area contributed by atoms with Crippen molar-refractivity contribution >= 4 is 91.2 Å². The van der Waals surface area contributed by atoms with Crippen LogP contribution in [-0.2, 0) is 9.59 Å². The second kappa shape index (κ2) is 16.4. The van der Waals surface area contributed by atoms with Crippen molar-refractivity contribution in [1.29, 1.82) is 0 Å². The number of rotatable bonds is 10. The van der Waals surface area contributed by atoms with Crippen molar-refractivity contribution in [2.45, 2.75) is 13.3 Å². The molecular weight excluding hydrogens is 640 g/mol. The van der Waals surface area contributed by atoms with Crippen molar-refractivity contribution in [3.05, 3.63) is 59.4 Å². The van der Waals surface area contributed by atoms with Gasteiger partial charge in [0.25, 0.3) is 0 Å². The van der Waals surface area contributed by atoms with Gasteiger partial charge in [0.1, 0.15) is 20.0 Å². The van der Waals surface area contributed by atoms with E-state index in [1.54, 1.807) is 72.2 Å². The van der Waals surface area contributed by atoms with Crippen LogP contribution in [0.3, 0.4) is 0 Å². The lowest BCUT2D eigenvalue weighted by molar-refractivity contribution is -0.121. The van der Waals surface area contributed by atoms with E-state index in [9.17, 15) is 9.59 Å². The lowest BCUT2D eigenvalue weighted by Crippen LogP contribution is -2.32. The first kappa shape index (κ1) is 33.3. The minimum absolute atomic E-state index is 0.0441. The molecule has 0 fully saturated rings. The molecular formula is C27H30Cl2N6O2S4. The number of hydrogen-bond acceptors (Lipinski definition) is 10. The van der Waals surface area contributed by atoms with Gasteiger partial charge in [-0.25, -0.2) is 9.97 Å². The van der Waals surface area contributed by atoms with E-state index < -0.39 is 0 Å². The van der Waals surface area contributed by atoms with Gasteiger partial charge in [0.05, 0.1) is 0 Å². The van der Waals surface area contributed by atoms with Crippen LogP contribution in [0.4, 0.5) is 10.0 Å². The SMILES string of the molecule is CSCC(C)C(=O)N(C)c1sc(-c2cccnc2)nc1Cl.CSCCC(=O)N(C)c1sc(-c2cccnc2)nc1Cl. The summed E-state index contributed by atoms with van der Waals surface area (Å²) in [6.45, 7) is 1.92. The molecule has 0 radical (unpaired) electrons. The summed E-state index contributed by atoms with van der Waals surface area (Å²) in [5, 5.41) is 3.59. The Morgan fingerprint density at radius 2 is 1.39 bits per heavy atom. The number of nitrogens with zero attached hydrogens (tertiary/aromatic N) is 6. The van der Waals surface area contributed by atoms with Gasteiger partial charge in [0.15, 0.2) is 10.3 Å². The van der Waals surface area contributed by atoms with E-state index in [2.05, 4.69) is 19.9 Å². The van der Waals surface area contributed by atoms with Gasteiger partial charge in [-0.05, 0) is 36.8 Å². The number of carbonyl (C=O) groups is 2. The molecule has 0 aliphatic carbocycles. The van der Waals surface area contributed by atoms with Crippen LogP contribution < -0.4 is 9.80 Å².